The molecule has 1 aliphatic rings. The van der Waals surface area contributed by atoms with E-state index in [1.165, 1.54) is 5.56 Å². The van der Waals surface area contributed by atoms with Crippen LogP contribution in [0.2, 0.25) is 0 Å². The van der Waals surface area contributed by atoms with Crippen molar-refractivity contribution in [1.29, 1.82) is 0 Å². The number of carbonyl (C=O) groups is 1. The first-order chi connectivity index (χ1) is 18.9. The molecule has 5 heteroatoms. The van der Waals surface area contributed by atoms with Crippen LogP contribution in [-0.2, 0) is 4.74 Å². The van der Waals surface area contributed by atoms with E-state index in [1.807, 2.05) is 68.1 Å². The summed E-state index contributed by atoms with van der Waals surface area (Å²) in [6, 6.07) is 33.2. The van der Waals surface area contributed by atoms with Gasteiger partial charge in [0.05, 0.1) is 0 Å². The van der Waals surface area contributed by atoms with Crippen LogP contribution in [0, 0.1) is 0 Å². The zero-order valence-corrected chi connectivity index (χ0v) is 22.9. The Morgan fingerprint density at radius 2 is 1.41 bits per heavy atom. The molecule has 3 aromatic carbocycles. The number of carbonyl (C=O) groups excluding carboxylic acids is 1. The zero-order chi connectivity index (χ0) is 27.2. The van der Waals surface area contributed by atoms with Crippen LogP contribution >= 0.6 is 0 Å². The molecule has 1 fully saturated rings. The number of likely N-dealkylation sites (tertiary alicyclic amines) is 1. The second-order valence-electron chi connectivity index (χ2n) is 11.0. The Hall–Kier alpha value is -4.12. The lowest BCUT2D eigenvalue weighted by atomic mass is 9.88. The Balaban J connectivity index is 1.32. The average Bonchev–Trinajstić information content (AvgIpc) is 2.96. The summed E-state index contributed by atoms with van der Waals surface area (Å²) in [6.07, 6.45) is 3.14. The summed E-state index contributed by atoms with van der Waals surface area (Å²) in [6.45, 7) is 7.13. The van der Waals surface area contributed by atoms with Crippen LogP contribution < -0.4 is 4.74 Å². The average molecular weight is 521 g/mol. The quantitative estimate of drug-likeness (QED) is 0.258. The third-order valence-electron chi connectivity index (χ3n) is 7.05. The third kappa shape index (κ3) is 6.66. The number of amides is 1. The fraction of sp³-hybridized carbons (Fsp3) is 0.294. The van der Waals surface area contributed by atoms with Crippen molar-refractivity contribution in [2.45, 2.75) is 51.2 Å². The highest BCUT2D eigenvalue weighted by molar-refractivity contribution is 5.69. The number of nitrogens with zero attached hydrogens (tertiary/aromatic N) is 2. The molecular formula is C34H36N2O3. The van der Waals surface area contributed by atoms with Crippen molar-refractivity contribution in [3.8, 4) is 17.0 Å². The standard InChI is InChI=1S/C34H36N2O3/c1-34(2,3)39-33(37)36-23-20-26(21-24-36)25-16-18-27(19-17-25)30-15-10-22-35-32(30)38-31(28-11-6-4-7-12-28)29-13-8-5-9-14-29/h4-19,22,26,31H,20-21,23-24H2,1-3H3. The number of hydrogen-bond donors (Lipinski definition) is 0. The summed E-state index contributed by atoms with van der Waals surface area (Å²) < 4.78 is 12.2. The summed E-state index contributed by atoms with van der Waals surface area (Å²) in [5, 5.41) is 0. The second-order valence-corrected chi connectivity index (χ2v) is 11.0. The van der Waals surface area contributed by atoms with E-state index in [9.17, 15) is 4.79 Å². The molecule has 4 aromatic rings. The molecule has 1 aromatic heterocycles. The van der Waals surface area contributed by atoms with Crippen molar-refractivity contribution in [2.24, 2.45) is 0 Å². The molecule has 0 saturated carbocycles. The van der Waals surface area contributed by atoms with Gasteiger partial charge in [-0.2, -0.15) is 0 Å². The van der Waals surface area contributed by atoms with E-state index in [2.05, 4.69) is 59.6 Å². The molecule has 2 heterocycles. The number of benzene rings is 3. The number of piperidine rings is 1. The van der Waals surface area contributed by atoms with Gasteiger partial charge in [-0.05, 0) is 73.9 Å². The van der Waals surface area contributed by atoms with Gasteiger partial charge in [-0.3, -0.25) is 0 Å². The lowest BCUT2D eigenvalue weighted by Gasteiger charge is -2.33. The summed E-state index contributed by atoms with van der Waals surface area (Å²) in [7, 11) is 0. The van der Waals surface area contributed by atoms with Crippen molar-refractivity contribution in [2.75, 3.05) is 13.1 Å². The molecule has 1 aliphatic heterocycles. The fourth-order valence-electron chi connectivity index (χ4n) is 5.06. The van der Waals surface area contributed by atoms with Crippen molar-refractivity contribution >= 4 is 6.09 Å². The van der Waals surface area contributed by atoms with Gasteiger partial charge in [-0.15, -0.1) is 0 Å². The predicted molar refractivity (Wildman–Crippen MR) is 155 cm³/mol. The first kappa shape index (κ1) is 26.5. The maximum absolute atomic E-state index is 12.4. The Kier molecular flexibility index (Phi) is 7.97. The van der Waals surface area contributed by atoms with Crippen molar-refractivity contribution in [1.82, 2.24) is 9.88 Å². The van der Waals surface area contributed by atoms with Crippen LogP contribution in [0.4, 0.5) is 4.79 Å². The predicted octanol–water partition coefficient (Wildman–Crippen LogP) is 8.03. The van der Waals surface area contributed by atoms with E-state index < -0.39 is 5.60 Å². The summed E-state index contributed by atoms with van der Waals surface area (Å²) in [5.41, 5.74) is 5.00. The Labute approximate surface area is 231 Å². The van der Waals surface area contributed by atoms with Crippen molar-refractivity contribution in [3.63, 3.8) is 0 Å². The van der Waals surface area contributed by atoms with Gasteiger partial charge in [-0.1, -0.05) is 84.9 Å². The van der Waals surface area contributed by atoms with Crippen molar-refractivity contribution < 1.29 is 14.3 Å². The zero-order valence-electron chi connectivity index (χ0n) is 22.9. The normalized spacial score (nSPS) is 14.3. The van der Waals surface area contributed by atoms with Gasteiger partial charge in [0.15, 0.2) is 6.10 Å². The number of hydrogen-bond acceptors (Lipinski definition) is 4. The van der Waals surface area contributed by atoms with E-state index >= 15 is 0 Å². The maximum Gasteiger partial charge on any atom is 0.410 e. The minimum atomic E-state index is -0.471. The molecule has 0 spiro atoms. The Morgan fingerprint density at radius 3 is 1.97 bits per heavy atom. The van der Waals surface area contributed by atoms with Crippen molar-refractivity contribution in [3.05, 3.63) is 120 Å². The smallest absolute Gasteiger partial charge is 0.410 e. The molecule has 39 heavy (non-hydrogen) atoms. The highest BCUT2D eigenvalue weighted by Crippen LogP contribution is 2.35. The molecule has 5 rings (SSSR count). The topological polar surface area (TPSA) is 51.7 Å². The molecule has 0 bridgehead atoms. The van der Waals surface area contributed by atoms with Gasteiger partial charge in [-0.25, -0.2) is 9.78 Å². The molecule has 0 unspecified atom stereocenters. The first-order valence-corrected chi connectivity index (χ1v) is 13.7. The van der Waals surface area contributed by atoms with E-state index in [1.54, 1.807) is 6.20 Å². The Morgan fingerprint density at radius 1 is 0.821 bits per heavy atom. The van der Waals surface area contributed by atoms with Gasteiger partial charge in [0, 0.05) is 24.8 Å². The monoisotopic (exact) mass is 520 g/mol. The minimum Gasteiger partial charge on any atom is -0.464 e. The molecule has 1 saturated heterocycles. The van der Waals surface area contributed by atoms with E-state index in [0.717, 1.165) is 35.1 Å². The Bertz CT molecular complexity index is 1320. The molecule has 0 aliphatic carbocycles. The molecule has 0 radical (unpaired) electrons. The van der Waals surface area contributed by atoms with E-state index in [-0.39, 0.29) is 12.2 Å². The molecule has 1 amide bonds. The molecule has 200 valence electrons. The van der Waals surface area contributed by atoms with E-state index in [4.69, 9.17) is 9.47 Å². The van der Waals surface area contributed by atoms with Crippen LogP contribution in [0.25, 0.3) is 11.1 Å². The van der Waals surface area contributed by atoms with Crippen LogP contribution in [0.15, 0.2) is 103 Å². The van der Waals surface area contributed by atoms with Gasteiger partial charge in [0.1, 0.15) is 5.60 Å². The number of ether oxygens (including phenoxy) is 2. The van der Waals surface area contributed by atoms with Crippen LogP contribution in [0.1, 0.15) is 62.3 Å². The molecule has 0 atom stereocenters. The molecule has 0 N–H and O–H groups in total. The largest absolute Gasteiger partial charge is 0.464 e. The van der Waals surface area contributed by atoms with E-state index in [0.29, 0.717) is 24.9 Å². The number of rotatable bonds is 6. The summed E-state index contributed by atoms with van der Waals surface area (Å²) in [4.78, 5) is 18.9. The summed E-state index contributed by atoms with van der Waals surface area (Å²) >= 11 is 0. The third-order valence-corrected chi connectivity index (χ3v) is 7.05. The molecular weight excluding hydrogens is 484 g/mol. The lowest BCUT2D eigenvalue weighted by Crippen LogP contribution is -2.41. The number of pyridine rings is 1. The molecule has 5 nitrogen and oxygen atoms in total. The van der Waals surface area contributed by atoms with Gasteiger partial charge < -0.3 is 14.4 Å². The lowest BCUT2D eigenvalue weighted by molar-refractivity contribution is 0.0205. The maximum atomic E-state index is 12.4. The van der Waals surface area contributed by atoms with Gasteiger partial charge in [0.25, 0.3) is 0 Å². The van der Waals surface area contributed by atoms with Crippen LogP contribution in [0.5, 0.6) is 5.88 Å². The van der Waals surface area contributed by atoms with Gasteiger partial charge >= 0.3 is 6.09 Å². The van der Waals surface area contributed by atoms with Gasteiger partial charge in [0.2, 0.25) is 5.88 Å². The highest BCUT2D eigenvalue weighted by atomic mass is 16.6. The first-order valence-electron chi connectivity index (χ1n) is 13.7. The fourth-order valence-corrected chi connectivity index (χ4v) is 5.06. The highest BCUT2D eigenvalue weighted by Gasteiger charge is 2.27. The SMILES string of the molecule is CC(C)(C)OC(=O)N1CCC(c2ccc(-c3cccnc3OC(c3ccccc3)c3ccccc3)cc2)CC1. The van der Waals surface area contributed by atoms with Crippen LogP contribution in [0.3, 0.4) is 0 Å². The second kappa shape index (κ2) is 11.7. The summed E-state index contributed by atoms with van der Waals surface area (Å²) in [5.74, 6) is 1.02. The minimum absolute atomic E-state index is 0.218. The van der Waals surface area contributed by atoms with Crippen LogP contribution in [-0.4, -0.2) is 34.7 Å². The number of aromatic nitrogens is 1.